The predicted octanol–water partition coefficient (Wildman–Crippen LogP) is 2.62. The number of aliphatic hydroxyl groups is 1. The van der Waals surface area contributed by atoms with Crippen molar-refractivity contribution < 1.29 is 9.52 Å². The highest BCUT2D eigenvalue weighted by molar-refractivity contribution is 9.13. The Labute approximate surface area is 103 Å². The molecule has 2 aromatic heterocycles. The van der Waals surface area contributed by atoms with E-state index >= 15 is 0 Å². The maximum atomic E-state index is 9.98. The molecule has 2 rings (SSSR count). The first kappa shape index (κ1) is 10.9. The minimum atomic E-state index is -0.854. The third-order valence-corrected chi connectivity index (χ3v) is 3.75. The fraction of sp³-hybridized carbons (Fsp3) is 0.222. The van der Waals surface area contributed by atoms with E-state index < -0.39 is 6.10 Å². The Morgan fingerprint density at radius 3 is 2.73 bits per heavy atom. The molecular weight excluding hydrogens is 328 g/mol. The summed E-state index contributed by atoms with van der Waals surface area (Å²) in [7, 11) is 1.82. The molecule has 0 aliphatic carbocycles. The fourth-order valence-electron chi connectivity index (χ4n) is 1.27. The van der Waals surface area contributed by atoms with Gasteiger partial charge in [-0.05, 0) is 37.9 Å². The minimum Gasteiger partial charge on any atom is -0.450 e. The van der Waals surface area contributed by atoms with Gasteiger partial charge < -0.3 is 14.1 Å². The lowest BCUT2D eigenvalue weighted by molar-refractivity contribution is 0.175. The normalized spacial score (nSPS) is 13.1. The number of halogens is 2. The first-order valence-corrected chi connectivity index (χ1v) is 5.78. The van der Waals surface area contributed by atoms with Gasteiger partial charge in [0.25, 0.3) is 0 Å². The van der Waals surface area contributed by atoms with Gasteiger partial charge in [-0.15, -0.1) is 0 Å². The van der Waals surface area contributed by atoms with Gasteiger partial charge in [-0.1, -0.05) is 0 Å². The summed E-state index contributed by atoms with van der Waals surface area (Å²) in [4.78, 5) is 4.05. The van der Waals surface area contributed by atoms with E-state index in [4.69, 9.17) is 4.42 Å². The first-order chi connectivity index (χ1) is 7.09. The molecule has 0 amide bonds. The van der Waals surface area contributed by atoms with E-state index in [1.165, 1.54) is 0 Å². The largest absolute Gasteiger partial charge is 0.450 e. The van der Waals surface area contributed by atoms with Gasteiger partial charge in [0.1, 0.15) is 11.6 Å². The number of imidazole rings is 1. The zero-order chi connectivity index (χ0) is 11.0. The molecule has 0 radical (unpaired) electrons. The number of hydrogen-bond donors (Lipinski definition) is 1. The predicted molar refractivity (Wildman–Crippen MR) is 61.4 cm³/mol. The summed E-state index contributed by atoms with van der Waals surface area (Å²) in [5.41, 5.74) is 0. The van der Waals surface area contributed by atoms with Gasteiger partial charge in [-0.25, -0.2) is 4.98 Å². The molecule has 0 saturated heterocycles. The maximum absolute atomic E-state index is 9.98. The second kappa shape index (κ2) is 4.11. The third kappa shape index (κ3) is 2.02. The van der Waals surface area contributed by atoms with Crippen molar-refractivity contribution in [1.82, 2.24) is 9.55 Å². The summed E-state index contributed by atoms with van der Waals surface area (Å²) < 4.78 is 8.40. The average Bonchev–Trinajstić information content (AvgIpc) is 2.74. The van der Waals surface area contributed by atoms with E-state index in [1.54, 1.807) is 23.0 Å². The van der Waals surface area contributed by atoms with Gasteiger partial charge in [0.05, 0.1) is 4.47 Å². The van der Waals surface area contributed by atoms with Gasteiger partial charge in [0.15, 0.2) is 10.8 Å². The summed E-state index contributed by atoms with van der Waals surface area (Å²) in [6, 6.07) is 1.71. The molecule has 15 heavy (non-hydrogen) atoms. The van der Waals surface area contributed by atoms with E-state index in [1.807, 2.05) is 7.05 Å². The molecule has 0 fully saturated rings. The van der Waals surface area contributed by atoms with Gasteiger partial charge in [0.2, 0.25) is 0 Å². The number of furan rings is 1. The molecule has 0 aromatic carbocycles. The van der Waals surface area contributed by atoms with Gasteiger partial charge in [0, 0.05) is 19.4 Å². The van der Waals surface area contributed by atoms with Crippen LogP contribution in [0.25, 0.3) is 0 Å². The van der Waals surface area contributed by atoms with Crippen molar-refractivity contribution in [2.75, 3.05) is 0 Å². The second-order valence-electron chi connectivity index (χ2n) is 3.07. The third-order valence-electron chi connectivity index (χ3n) is 2.04. The lowest BCUT2D eigenvalue weighted by Gasteiger charge is -2.06. The Hall–Kier alpha value is -0.590. The lowest BCUT2D eigenvalue weighted by Crippen LogP contribution is -2.05. The Bertz CT molecular complexity index is 459. The number of aromatic nitrogens is 2. The van der Waals surface area contributed by atoms with E-state index in [9.17, 15) is 5.11 Å². The molecule has 2 heterocycles. The molecule has 0 aliphatic rings. The number of aryl methyl sites for hydroxylation is 1. The van der Waals surface area contributed by atoms with Crippen LogP contribution in [0, 0.1) is 0 Å². The molecular formula is C9H8Br2N2O2. The second-order valence-corrected chi connectivity index (χ2v) is 4.64. The molecule has 1 unspecified atom stereocenters. The van der Waals surface area contributed by atoms with Crippen molar-refractivity contribution in [2.24, 2.45) is 7.05 Å². The highest BCUT2D eigenvalue weighted by atomic mass is 79.9. The molecule has 2 aromatic rings. The molecule has 80 valence electrons. The van der Waals surface area contributed by atoms with Crippen molar-refractivity contribution in [3.63, 3.8) is 0 Å². The van der Waals surface area contributed by atoms with Crippen molar-refractivity contribution in [2.45, 2.75) is 6.10 Å². The van der Waals surface area contributed by atoms with Crippen LogP contribution >= 0.6 is 31.9 Å². The molecule has 1 atom stereocenters. The van der Waals surface area contributed by atoms with Gasteiger partial charge >= 0.3 is 0 Å². The fourth-order valence-corrected chi connectivity index (χ4v) is 1.87. The van der Waals surface area contributed by atoms with Crippen LogP contribution in [0.15, 0.2) is 32.0 Å². The zero-order valence-electron chi connectivity index (χ0n) is 7.82. The molecule has 0 aliphatic heterocycles. The van der Waals surface area contributed by atoms with Crippen LogP contribution in [0.2, 0.25) is 0 Å². The van der Waals surface area contributed by atoms with E-state index in [-0.39, 0.29) is 0 Å². The van der Waals surface area contributed by atoms with Crippen molar-refractivity contribution in [1.29, 1.82) is 0 Å². The topological polar surface area (TPSA) is 51.2 Å². The van der Waals surface area contributed by atoms with E-state index in [2.05, 4.69) is 36.8 Å². The summed E-state index contributed by atoms with van der Waals surface area (Å²) in [6.45, 7) is 0. The average molecular weight is 336 g/mol. The van der Waals surface area contributed by atoms with Crippen molar-refractivity contribution >= 4 is 31.9 Å². The van der Waals surface area contributed by atoms with Crippen LogP contribution in [-0.4, -0.2) is 14.7 Å². The number of aliphatic hydroxyl groups excluding tert-OH is 1. The summed E-state index contributed by atoms with van der Waals surface area (Å²) in [6.07, 6.45) is 2.55. The standard InChI is InChI=1S/C9H8Br2N2O2/c1-13-3-2-12-9(13)7(14)6-4-5(10)8(11)15-6/h2-4,7,14H,1H3. The SMILES string of the molecule is Cn1ccnc1C(O)c1cc(Br)c(Br)o1. The summed E-state index contributed by atoms with van der Waals surface area (Å²) >= 11 is 6.50. The van der Waals surface area contributed by atoms with Crippen LogP contribution in [0.3, 0.4) is 0 Å². The molecule has 1 N–H and O–H groups in total. The lowest BCUT2D eigenvalue weighted by atomic mass is 10.2. The first-order valence-electron chi connectivity index (χ1n) is 4.19. The van der Waals surface area contributed by atoms with Crippen LogP contribution in [0.1, 0.15) is 17.7 Å². The minimum absolute atomic E-state index is 0.447. The Balaban J connectivity index is 2.36. The summed E-state index contributed by atoms with van der Waals surface area (Å²) in [5, 5.41) is 9.98. The molecule has 4 nitrogen and oxygen atoms in total. The molecule has 0 saturated carbocycles. The van der Waals surface area contributed by atoms with Gasteiger partial charge in [-0.2, -0.15) is 0 Å². The Kier molecular flexibility index (Phi) is 2.99. The Morgan fingerprint density at radius 1 is 1.53 bits per heavy atom. The molecule has 0 bridgehead atoms. The van der Waals surface area contributed by atoms with Crippen molar-refractivity contribution in [3.8, 4) is 0 Å². The quantitative estimate of drug-likeness (QED) is 0.917. The van der Waals surface area contributed by atoms with E-state index in [0.29, 0.717) is 16.3 Å². The van der Waals surface area contributed by atoms with Gasteiger partial charge in [-0.3, -0.25) is 0 Å². The van der Waals surface area contributed by atoms with E-state index in [0.717, 1.165) is 4.47 Å². The smallest absolute Gasteiger partial charge is 0.183 e. The Morgan fingerprint density at radius 2 is 2.27 bits per heavy atom. The highest BCUT2D eigenvalue weighted by Crippen LogP contribution is 2.31. The van der Waals surface area contributed by atoms with Crippen LogP contribution < -0.4 is 0 Å². The maximum Gasteiger partial charge on any atom is 0.183 e. The van der Waals surface area contributed by atoms with Crippen molar-refractivity contribution in [3.05, 3.63) is 39.2 Å². The monoisotopic (exact) mass is 334 g/mol. The highest BCUT2D eigenvalue weighted by Gasteiger charge is 2.20. The number of rotatable bonds is 2. The van der Waals surface area contributed by atoms with Crippen LogP contribution in [0.5, 0.6) is 0 Å². The zero-order valence-corrected chi connectivity index (χ0v) is 11.0. The number of hydrogen-bond acceptors (Lipinski definition) is 3. The molecule has 0 spiro atoms. The van der Waals surface area contributed by atoms with Crippen LogP contribution in [-0.2, 0) is 7.05 Å². The number of nitrogens with zero attached hydrogens (tertiary/aromatic N) is 2. The molecule has 6 heteroatoms. The summed E-state index contributed by atoms with van der Waals surface area (Å²) in [5.74, 6) is 0.992. The van der Waals surface area contributed by atoms with Crippen LogP contribution in [0.4, 0.5) is 0 Å².